The van der Waals surface area contributed by atoms with Crippen LogP contribution in [0.1, 0.15) is 6.23 Å². The Labute approximate surface area is 113 Å². The summed E-state index contributed by atoms with van der Waals surface area (Å²) in [6, 6.07) is 1.71. The molecule has 19 heavy (non-hydrogen) atoms. The van der Waals surface area contributed by atoms with Gasteiger partial charge in [0.2, 0.25) is 0 Å². The van der Waals surface area contributed by atoms with Gasteiger partial charge in [0.1, 0.15) is 23.8 Å². The first kappa shape index (κ1) is 12.8. The maximum atomic E-state index is 9.98. The smallest absolute Gasteiger partial charge is 0.165 e. The van der Waals surface area contributed by atoms with E-state index < -0.39 is 24.5 Å². The van der Waals surface area contributed by atoms with E-state index in [1.807, 2.05) is 0 Å². The van der Waals surface area contributed by atoms with Gasteiger partial charge in [-0.2, -0.15) is 0 Å². The van der Waals surface area contributed by atoms with E-state index >= 15 is 0 Å². The molecule has 2 aromatic heterocycles. The van der Waals surface area contributed by atoms with Gasteiger partial charge in [-0.05, 0) is 6.07 Å². The number of hydrogen-bond acceptors (Lipinski definition) is 7. The van der Waals surface area contributed by atoms with Gasteiger partial charge in [-0.1, -0.05) is 0 Å². The summed E-state index contributed by atoms with van der Waals surface area (Å²) in [4.78, 5) is 9.00. The number of thiol groups is 1. The Kier molecular flexibility index (Phi) is 3.19. The Hall–Kier alpha value is -1.19. The summed E-state index contributed by atoms with van der Waals surface area (Å²) in [6.07, 6.45) is -0.912. The van der Waals surface area contributed by atoms with E-state index in [1.165, 1.54) is 10.9 Å². The number of nitrogens with zero attached hydrogens (tertiary/aromatic N) is 3. The molecule has 3 rings (SSSR count). The van der Waals surface area contributed by atoms with Crippen LogP contribution in [0.3, 0.4) is 0 Å². The summed E-state index contributed by atoms with van der Waals surface area (Å²) >= 11 is 4.27. The van der Waals surface area contributed by atoms with Gasteiger partial charge in [0.05, 0.1) is 12.9 Å². The first-order valence-corrected chi connectivity index (χ1v) is 6.21. The SMILES string of the molecule is OC[C@H]1O[C@@H](n2cnc3c(S)ccnc32)C(O)[C@H]1O. The first-order valence-electron chi connectivity index (χ1n) is 5.76. The van der Waals surface area contributed by atoms with Crippen LogP contribution in [0, 0.1) is 0 Å². The van der Waals surface area contributed by atoms with Crippen LogP contribution in [-0.2, 0) is 4.74 Å². The molecule has 1 aliphatic rings. The lowest BCUT2D eigenvalue weighted by atomic mass is 10.1. The van der Waals surface area contributed by atoms with Crippen molar-refractivity contribution in [3.63, 3.8) is 0 Å². The van der Waals surface area contributed by atoms with E-state index in [2.05, 4.69) is 22.6 Å². The highest BCUT2D eigenvalue weighted by atomic mass is 32.1. The van der Waals surface area contributed by atoms with E-state index in [1.54, 1.807) is 12.3 Å². The maximum Gasteiger partial charge on any atom is 0.165 e. The summed E-state index contributed by atoms with van der Waals surface area (Å²) < 4.78 is 6.96. The predicted octanol–water partition coefficient (Wildman–Crippen LogP) is -0.669. The lowest BCUT2D eigenvalue weighted by molar-refractivity contribution is -0.0511. The minimum absolute atomic E-state index is 0.368. The molecule has 0 amide bonds. The van der Waals surface area contributed by atoms with Gasteiger partial charge in [0.25, 0.3) is 0 Å². The number of aromatic nitrogens is 3. The molecule has 4 atom stereocenters. The molecule has 1 unspecified atom stereocenters. The fourth-order valence-corrected chi connectivity index (χ4v) is 2.44. The van der Waals surface area contributed by atoms with Crippen LogP contribution in [0.5, 0.6) is 0 Å². The van der Waals surface area contributed by atoms with Crippen molar-refractivity contribution in [1.29, 1.82) is 0 Å². The van der Waals surface area contributed by atoms with Gasteiger partial charge in [0, 0.05) is 11.1 Å². The molecule has 1 aliphatic heterocycles. The van der Waals surface area contributed by atoms with Crippen molar-refractivity contribution < 1.29 is 20.1 Å². The largest absolute Gasteiger partial charge is 0.394 e. The summed E-state index contributed by atoms with van der Waals surface area (Å²) in [5, 5.41) is 28.8. The lowest BCUT2D eigenvalue weighted by Crippen LogP contribution is -2.33. The van der Waals surface area contributed by atoms with Crippen LogP contribution in [-0.4, -0.2) is 54.8 Å². The number of hydrogen-bond donors (Lipinski definition) is 4. The van der Waals surface area contributed by atoms with Gasteiger partial charge in [0.15, 0.2) is 11.9 Å². The van der Waals surface area contributed by atoms with Crippen molar-refractivity contribution >= 4 is 23.8 Å². The Morgan fingerprint density at radius 3 is 2.79 bits per heavy atom. The zero-order valence-electron chi connectivity index (χ0n) is 9.79. The highest BCUT2D eigenvalue weighted by Crippen LogP contribution is 2.31. The number of ether oxygens (including phenoxy) is 1. The van der Waals surface area contributed by atoms with E-state index in [0.29, 0.717) is 16.1 Å². The number of pyridine rings is 1. The van der Waals surface area contributed by atoms with Gasteiger partial charge in [-0.15, -0.1) is 12.6 Å². The van der Waals surface area contributed by atoms with Crippen LogP contribution < -0.4 is 0 Å². The standard InChI is InChI=1S/C11H13N3O4S/c15-3-5-8(16)9(17)11(18-5)14-4-13-7-6(19)1-2-12-10(7)14/h1-2,4-5,8-9,11,15-17H,3H2,(H,12,19)/t5-,8+,9?,11-/m1/s1. The molecule has 0 saturated carbocycles. The third kappa shape index (κ3) is 1.92. The monoisotopic (exact) mass is 283 g/mol. The molecule has 2 aromatic rings. The molecule has 1 saturated heterocycles. The van der Waals surface area contributed by atoms with Crippen molar-refractivity contribution in [3.05, 3.63) is 18.6 Å². The molecule has 3 heterocycles. The highest BCUT2D eigenvalue weighted by Gasteiger charge is 2.43. The number of imidazole rings is 1. The van der Waals surface area contributed by atoms with Gasteiger partial charge in [-0.25, -0.2) is 9.97 Å². The van der Waals surface area contributed by atoms with Crippen molar-refractivity contribution in [3.8, 4) is 0 Å². The lowest BCUT2D eigenvalue weighted by Gasteiger charge is -2.16. The molecule has 1 fully saturated rings. The van der Waals surface area contributed by atoms with Crippen LogP contribution in [0.25, 0.3) is 11.2 Å². The van der Waals surface area contributed by atoms with Gasteiger partial charge in [-0.3, -0.25) is 4.57 Å². The quantitative estimate of drug-likeness (QED) is 0.546. The van der Waals surface area contributed by atoms with Gasteiger partial charge >= 0.3 is 0 Å². The van der Waals surface area contributed by atoms with E-state index in [4.69, 9.17) is 9.84 Å². The van der Waals surface area contributed by atoms with Gasteiger partial charge < -0.3 is 20.1 Å². The summed E-state index contributed by atoms with van der Waals surface area (Å²) in [5.41, 5.74) is 1.09. The van der Waals surface area contributed by atoms with Crippen LogP contribution >= 0.6 is 12.6 Å². The number of aliphatic hydroxyl groups excluding tert-OH is 3. The molecule has 0 radical (unpaired) electrons. The molecule has 0 aromatic carbocycles. The van der Waals surface area contributed by atoms with E-state index in [9.17, 15) is 10.2 Å². The third-order valence-electron chi connectivity index (χ3n) is 3.23. The van der Waals surface area contributed by atoms with Crippen LogP contribution in [0.15, 0.2) is 23.5 Å². The normalized spacial score (nSPS) is 31.2. The molecule has 0 bridgehead atoms. The molecular formula is C11H13N3O4S. The average molecular weight is 283 g/mol. The Balaban J connectivity index is 2.04. The highest BCUT2D eigenvalue weighted by molar-refractivity contribution is 7.80. The topological polar surface area (TPSA) is 101 Å². The molecule has 8 heteroatoms. The third-order valence-corrected chi connectivity index (χ3v) is 3.59. The summed E-state index contributed by atoms with van der Waals surface area (Å²) in [5.74, 6) is 0. The Morgan fingerprint density at radius 2 is 2.11 bits per heavy atom. The fraction of sp³-hybridized carbons (Fsp3) is 0.455. The van der Waals surface area contributed by atoms with Crippen LogP contribution in [0.2, 0.25) is 0 Å². The Bertz CT molecular complexity index is 605. The molecule has 7 nitrogen and oxygen atoms in total. The fourth-order valence-electron chi connectivity index (χ4n) is 2.22. The second-order valence-electron chi connectivity index (χ2n) is 4.38. The van der Waals surface area contributed by atoms with Crippen molar-refractivity contribution in [2.45, 2.75) is 29.4 Å². The van der Waals surface area contributed by atoms with Crippen molar-refractivity contribution in [1.82, 2.24) is 14.5 Å². The minimum atomic E-state index is -1.15. The second-order valence-corrected chi connectivity index (χ2v) is 4.86. The summed E-state index contributed by atoms with van der Waals surface area (Å²) in [6.45, 7) is -0.368. The van der Waals surface area contributed by atoms with E-state index in [0.717, 1.165) is 0 Å². The molecular weight excluding hydrogens is 270 g/mol. The molecule has 0 aliphatic carbocycles. The van der Waals surface area contributed by atoms with Crippen molar-refractivity contribution in [2.75, 3.05) is 6.61 Å². The molecule has 0 spiro atoms. The first-order chi connectivity index (χ1) is 9.13. The van der Waals surface area contributed by atoms with Crippen molar-refractivity contribution in [2.24, 2.45) is 0 Å². The van der Waals surface area contributed by atoms with Crippen LogP contribution in [0.4, 0.5) is 0 Å². The molecule has 102 valence electrons. The zero-order chi connectivity index (χ0) is 13.6. The van der Waals surface area contributed by atoms with E-state index in [-0.39, 0.29) is 6.61 Å². The number of rotatable bonds is 2. The maximum absolute atomic E-state index is 9.98. The summed E-state index contributed by atoms with van der Waals surface area (Å²) in [7, 11) is 0. The predicted molar refractivity (Wildman–Crippen MR) is 67.8 cm³/mol. The Morgan fingerprint density at radius 1 is 1.32 bits per heavy atom. The molecule has 3 N–H and O–H groups in total. The second kappa shape index (κ2) is 4.73. The number of aliphatic hydroxyl groups is 3. The minimum Gasteiger partial charge on any atom is -0.394 e. The number of fused-ring (bicyclic) bond motifs is 1. The average Bonchev–Trinajstić information content (AvgIpc) is 2.94. The zero-order valence-corrected chi connectivity index (χ0v) is 10.7.